The topological polar surface area (TPSA) is 57.6 Å². The number of nitrogens with zero attached hydrogens (tertiary/aromatic N) is 1. The molecule has 118 valence electrons. The van der Waals surface area contributed by atoms with E-state index in [2.05, 4.69) is 0 Å². The van der Waals surface area contributed by atoms with Crippen molar-refractivity contribution in [2.24, 2.45) is 5.92 Å². The second kappa shape index (κ2) is 6.50. The van der Waals surface area contributed by atoms with Crippen LogP contribution in [0.1, 0.15) is 24.3 Å². The first-order valence-corrected chi connectivity index (χ1v) is 8.95. The van der Waals surface area contributed by atoms with E-state index in [1.54, 1.807) is 16.7 Å². The number of carbonyl (C=O) groups excluding carboxylic acids is 1. The normalized spacial score (nSPS) is 27.5. The zero-order valence-corrected chi connectivity index (χ0v) is 13.6. The Labute approximate surface area is 138 Å². The van der Waals surface area contributed by atoms with Crippen LogP contribution in [0.25, 0.3) is 0 Å². The van der Waals surface area contributed by atoms with Crippen molar-refractivity contribution in [3.63, 3.8) is 0 Å². The van der Waals surface area contributed by atoms with Crippen molar-refractivity contribution in [3.8, 4) is 0 Å². The van der Waals surface area contributed by atoms with E-state index in [4.69, 9.17) is 16.7 Å². The highest BCUT2D eigenvalue weighted by Gasteiger charge is 2.48. The van der Waals surface area contributed by atoms with Gasteiger partial charge in [0, 0.05) is 29.0 Å². The number of carboxylic acids is 1. The molecule has 3 atom stereocenters. The van der Waals surface area contributed by atoms with Crippen molar-refractivity contribution in [1.82, 2.24) is 4.90 Å². The molecule has 0 radical (unpaired) electrons. The molecule has 1 amide bonds. The minimum atomic E-state index is -0.844. The van der Waals surface area contributed by atoms with Crippen LogP contribution in [0.4, 0.5) is 0 Å². The first kappa shape index (κ1) is 15.7. The van der Waals surface area contributed by atoms with Gasteiger partial charge in [0.2, 0.25) is 5.91 Å². The molecule has 1 aromatic carbocycles. The van der Waals surface area contributed by atoms with Crippen LogP contribution in [0.5, 0.6) is 0 Å². The van der Waals surface area contributed by atoms with Crippen LogP contribution in [0, 0.1) is 5.92 Å². The Bertz CT molecular complexity index is 595. The lowest BCUT2D eigenvalue weighted by Gasteiger charge is -2.35. The van der Waals surface area contributed by atoms with Gasteiger partial charge in [-0.15, -0.1) is 0 Å². The maximum Gasteiger partial charge on any atom is 0.305 e. The van der Waals surface area contributed by atoms with Crippen LogP contribution < -0.4 is 0 Å². The summed E-state index contributed by atoms with van der Waals surface area (Å²) >= 11 is 7.93. The van der Waals surface area contributed by atoms with E-state index in [-0.39, 0.29) is 30.2 Å². The Kier molecular flexibility index (Phi) is 4.64. The van der Waals surface area contributed by atoms with Gasteiger partial charge in [-0.2, -0.15) is 11.8 Å². The Morgan fingerprint density at radius 3 is 2.86 bits per heavy atom. The van der Waals surface area contributed by atoms with Crippen LogP contribution in [-0.2, 0) is 9.59 Å². The van der Waals surface area contributed by atoms with E-state index in [9.17, 15) is 9.59 Å². The number of thioether (sulfide) groups is 1. The fourth-order valence-electron chi connectivity index (χ4n) is 3.12. The zero-order valence-electron chi connectivity index (χ0n) is 12.1. The first-order valence-electron chi connectivity index (χ1n) is 7.42. The van der Waals surface area contributed by atoms with Gasteiger partial charge in [0.15, 0.2) is 0 Å². The molecule has 22 heavy (non-hydrogen) atoms. The van der Waals surface area contributed by atoms with Crippen LogP contribution in [0.15, 0.2) is 24.3 Å². The van der Waals surface area contributed by atoms with E-state index in [1.165, 1.54) is 0 Å². The number of carbonyl (C=O) groups is 2. The third kappa shape index (κ3) is 3.25. The van der Waals surface area contributed by atoms with Crippen LogP contribution in [0.3, 0.4) is 0 Å². The van der Waals surface area contributed by atoms with Crippen LogP contribution >= 0.6 is 23.4 Å². The summed E-state index contributed by atoms with van der Waals surface area (Å²) in [5, 5.41) is 9.73. The molecule has 3 rings (SSSR count). The van der Waals surface area contributed by atoms with E-state index < -0.39 is 5.97 Å². The van der Waals surface area contributed by atoms with Crippen molar-refractivity contribution >= 4 is 35.2 Å². The van der Waals surface area contributed by atoms with Crippen LogP contribution in [-0.4, -0.2) is 46.0 Å². The highest BCUT2D eigenvalue weighted by Crippen LogP contribution is 2.50. The number of hydrogen-bond acceptors (Lipinski definition) is 3. The quantitative estimate of drug-likeness (QED) is 0.916. The third-order valence-electron chi connectivity index (χ3n) is 4.33. The molecule has 1 saturated heterocycles. The number of hydrogen-bond donors (Lipinski definition) is 1. The number of carboxylic acid groups (broad SMARTS) is 1. The SMILES string of the molecule is O=C(O)CC1CSCCN1C(=O)C1CC1c1ccccc1Cl. The number of amides is 1. The van der Waals surface area contributed by atoms with Gasteiger partial charge in [0.1, 0.15) is 0 Å². The van der Waals surface area contributed by atoms with Gasteiger partial charge < -0.3 is 10.0 Å². The Morgan fingerprint density at radius 1 is 1.36 bits per heavy atom. The molecule has 1 aliphatic heterocycles. The molecule has 3 unspecified atom stereocenters. The smallest absolute Gasteiger partial charge is 0.305 e. The Balaban J connectivity index is 1.69. The van der Waals surface area contributed by atoms with Crippen molar-refractivity contribution < 1.29 is 14.7 Å². The lowest BCUT2D eigenvalue weighted by atomic mass is 10.1. The predicted molar refractivity (Wildman–Crippen MR) is 87.4 cm³/mol. The summed E-state index contributed by atoms with van der Waals surface area (Å²) in [4.78, 5) is 25.5. The lowest BCUT2D eigenvalue weighted by Crippen LogP contribution is -2.47. The van der Waals surface area contributed by atoms with Gasteiger partial charge in [-0.1, -0.05) is 29.8 Å². The Hall–Kier alpha value is -1.20. The molecular weight excluding hydrogens is 322 g/mol. The minimum Gasteiger partial charge on any atom is -0.481 e. The van der Waals surface area contributed by atoms with Crippen molar-refractivity contribution in [2.45, 2.75) is 24.8 Å². The van der Waals surface area contributed by atoms with E-state index >= 15 is 0 Å². The van der Waals surface area contributed by atoms with Crippen LogP contribution in [0.2, 0.25) is 5.02 Å². The maximum absolute atomic E-state index is 12.7. The number of rotatable bonds is 4. The first-order chi connectivity index (χ1) is 10.6. The second-order valence-electron chi connectivity index (χ2n) is 5.83. The van der Waals surface area contributed by atoms with Crippen molar-refractivity contribution in [2.75, 3.05) is 18.1 Å². The predicted octanol–water partition coefficient (Wildman–Crippen LogP) is 2.86. The number of halogens is 1. The van der Waals surface area contributed by atoms with E-state index in [0.29, 0.717) is 17.3 Å². The fourth-order valence-corrected chi connectivity index (χ4v) is 4.45. The summed E-state index contributed by atoms with van der Waals surface area (Å²) in [7, 11) is 0. The molecule has 1 heterocycles. The van der Waals surface area contributed by atoms with Crippen molar-refractivity contribution in [1.29, 1.82) is 0 Å². The summed E-state index contributed by atoms with van der Waals surface area (Å²) in [6, 6.07) is 7.46. The van der Waals surface area contributed by atoms with E-state index in [0.717, 1.165) is 17.7 Å². The average Bonchev–Trinajstić information content (AvgIpc) is 3.27. The molecular formula is C16H18ClNO3S. The molecule has 1 aliphatic carbocycles. The summed E-state index contributed by atoms with van der Waals surface area (Å²) < 4.78 is 0. The standard InChI is InChI=1S/C16H18ClNO3S/c17-14-4-2-1-3-11(14)12-8-13(12)16(21)18-5-6-22-9-10(18)7-15(19)20/h1-4,10,12-13H,5-9H2,(H,19,20). The maximum atomic E-state index is 12.7. The second-order valence-corrected chi connectivity index (χ2v) is 7.39. The highest BCUT2D eigenvalue weighted by molar-refractivity contribution is 7.99. The summed E-state index contributed by atoms with van der Waals surface area (Å²) in [6.45, 7) is 0.646. The molecule has 0 aromatic heterocycles. The molecule has 2 aliphatic rings. The van der Waals surface area contributed by atoms with Gasteiger partial charge in [-0.05, 0) is 24.0 Å². The third-order valence-corrected chi connectivity index (χ3v) is 5.77. The largest absolute Gasteiger partial charge is 0.481 e. The Morgan fingerprint density at radius 2 is 2.14 bits per heavy atom. The summed E-state index contributed by atoms with van der Waals surface area (Å²) in [6.07, 6.45) is 0.841. The van der Waals surface area contributed by atoms with Gasteiger partial charge >= 0.3 is 5.97 Å². The van der Waals surface area contributed by atoms with Gasteiger partial charge in [-0.25, -0.2) is 0 Å². The highest BCUT2D eigenvalue weighted by atomic mass is 35.5. The minimum absolute atomic E-state index is 0.0300. The van der Waals surface area contributed by atoms with E-state index in [1.807, 2.05) is 24.3 Å². The molecule has 2 fully saturated rings. The number of benzene rings is 1. The van der Waals surface area contributed by atoms with Gasteiger partial charge in [0.25, 0.3) is 0 Å². The molecule has 1 aromatic rings. The summed E-state index contributed by atoms with van der Waals surface area (Å²) in [5.41, 5.74) is 1.03. The molecule has 6 heteroatoms. The molecule has 1 N–H and O–H groups in total. The van der Waals surface area contributed by atoms with Gasteiger partial charge in [0.05, 0.1) is 12.5 Å². The monoisotopic (exact) mass is 339 g/mol. The molecule has 0 spiro atoms. The molecule has 1 saturated carbocycles. The molecule has 4 nitrogen and oxygen atoms in total. The molecule has 0 bridgehead atoms. The van der Waals surface area contributed by atoms with Gasteiger partial charge in [-0.3, -0.25) is 9.59 Å². The van der Waals surface area contributed by atoms with Crippen molar-refractivity contribution in [3.05, 3.63) is 34.9 Å². The lowest BCUT2D eigenvalue weighted by molar-refractivity contribution is -0.140. The summed E-state index contributed by atoms with van der Waals surface area (Å²) in [5.74, 6) is 0.980. The fraction of sp³-hybridized carbons (Fsp3) is 0.500. The number of aliphatic carboxylic acids is 1. The zero-order chi connectivity index (χ0) is 15.7. The average molecular weight is 340 g/mol.